The summed E-state index contributed by atoms with van der Waals surface area (Å²) in [5, 5.41) is 15.8. The normalized spacial score (nSPS) is 15.8. The molecular weight excluding hydrogens is 452 g/mol. The summed E-state index contributed by atoms with van der Waals surface area (Å²) in [5.74, 6) is 1.94. The monoisotopic (exact) mass is 478 g/mol. The van der Waals surface area contributed by atoms with E-state index in [4.69, 9.17) is 24.0 Å². The number of aromatic nitrogens is 3. The fraction of sp³-hybridized carbons (Fsp3) is 0.375. The number of hydrogen-bond acceptors (Lipinski definition) is 10. The van der Waals surface area contributed by atoms with Crippen LogP contribution in [-0.4, -0.2) is 64.1 Å². The Morgan fingerprint density at radius 1 is 1.26 bits per heavy atom. The minimum absolute atomic E-state index is 0.221. The van der Waals surface area contributed by atoms with Crippen molar-refractivity contribution in [1.29, 1.82) is 5.26 Å². The zero-order valence-electron chi connectivity index (χ0n) is 19.7. The van der Waals surface area contributed by atoms with Crippen LogP contribution in [0, 0.1) is 11.3 Å². The van der Waals surface area contributed by atoms with Crippen LogP contribution >= 0.6 is 0 Å². The van der Waals surface area contributed by atoms with Crippen LogP contribution in [0.5, 0.6) is 5.75 Å². The van der Waals surface area contributed by atoms with Gasteiger partial charge in [0.05, 0.1) is 31.1 Å². The number of morpholine rings is 1. The maximum Gasteiger partial charge on any atom is 0.410 e. The van der Waals surface area contributed by atoms with Crippen LogP contribution in [0.2, 0.25) is 0 Å². The molecule has 11 heteroatoms. The van der Waals surface area contributed by atoms with E-state index in [0.717, 1.165) is 0 Å². The van der Waals surface area contributed by atoms with Crippen LogP contribution in [0.1, 0.15) is 26.5 Å². The van der Waals surface area contributed by atoms with E-state index < -0.39 is 5.60 Å². The quantitative estimate of drug-likeness (QED) is 0.558. The number of carbonyl (C=O) groups is 1. The van der Waals surface area contributed by atoms with E-state index in [1.165, 1.54) is 12.4 Å². The number of amides is 1. The average molecular weight is 479 g/mol. The molecule has 1 aliphatic heterocycles. The highest BCUT2D eigenvalue weighted by atomic mass is 16.6. The fourth-order valence-corrected chi connectivity index (χ4v) is 3.33. The summed E-state index contributed by atoms with van der Waals surface area (Å²) in [6.45, 7) is 7.01. The number of hydrogen-bond donors (Lipinski definition) is 1. The number of ether oxygens (including phenoxy) is 3. The highest BCUT2D eigenvalue weighted by Gasteiger charge is 2.28. The smallest absolute Gasteiger partial charge is 0.410 e. The van der Waals surface area contributed by atoms with Crippen molar-refractivity contribution in [2.24, 2.45) is 0 Å². The number of benzene rings is 1. The minimum atomic E-state index is -0.558. The predicted molar refractivity (Wildman–Crippen MR) is 125 cm³/mol. The highest BCUT2D eigenvalue weighted by Crippen LogP contribution is 2.32. The zero-order chi connectivity index (χ0) is 24.8. The summed E-state index contributed by atoms with van der Waals surface area (Å²) in [6.07, 6.45) is 2.14. The lowest BCUT2D eigenvalue weighted by Crippen LogP contribution is -2.49. The van der Waals surface area contributed by atoms with Gasteiger partial charge in [-0.05, 0) is 32.9 Å². The second-order valence-electron chi connectivity index (χ2n) is 8.83. The van der Waals surface area contributed by atoms with E-state index in [0.29, 0.717) is 48.4 Å². The van der Waals surface area contributed by atoms with Crippen LogP contribution in [0.4, 0.5) is 16.4 Å². The molecule has 1 aliphatic rings. The predicted octanol–water partition coefficient (Wildman–Crippen LogP) is 3.76. The molecule has 4 rings (SSSR count). The molecule has 2 aromatic heterocycles. The molecule has 1 atom stereocenters. The van der Waals surface area contributed by atoms with Crippen LogP contribution in [0.3, 0.4) is 0 Å². The lowest BCUT2D eigenvalue weighted by atomic mass is 10.1. The number of rotatable bonds is 6. The Hall–Kier alpha value is -4.17. The van der Waals surface area contributed by atoms with Gasteiger partial charge in [-0.2, -0.15) is 5.26 Å². The summed E-state index contributed by atoms with van der Waals surface area (Å²) in [6, 6.07) is 11.0. The Bertz CT molecular complexity index is 1200. The van der Waals surface area contributed by atoms with Gasteiger partial charge in [0.15, 0.2) is 17.3 Å². The first-order chi connectivity index (χ1) is 16.8. The second-order valence-corrected chi connectivity index (χ2v) is 8.83. The molecule has 1 amide bonds. The average Bonchev–Trinajstić information content (AvgIpc) is 3.31. The maximum atomic E-state index is 12.4. The Labute approximate surface area is 202 Å². The van der Waals surface area contributed by atoms with Gasteiger partial charge in [0.25, 0.3) is 0 Å². The number of nitrogens with zero attached hydrogens (tertiary/aromatic N) is 5. The number of para-hydroxylation sites is 1. The van der Waals surface area contributed by atoms with Crippen LogP contribution in [0.15, 0.2) is 47.2 Å². The van der Waals surface area contributed by atoms with Crippen molar-refractivity contribution >= 4 is 17.7 Å². The van der Waals surface area contributed by atoms with Crippen molar-refractivity contribution in [1.82, 2.24) is 20.0 Å². The van der Waals surface area contributed by atoms with Crippen molar-refractivity contribution in [3.8, 4) is 23.1 Å². The van der Waals surface area contributed by atoms with Crippen molar-refractivity contribution in [3.63, 3.8) is 0 Å². The second kappa shape index (κ2) is 10.4. The third-order valence-electron chi connectivity index (χ3n) is 4.90. The van der Waals surface area contributed by atoms with Gasteiger partial charge in [0.2, 0.25) is 0 Å². The molecule has 0 saturated carbocycles. The van der Waals surface area contributed by atoms with Gasteiger partial charge in [0.1, 0.15) is 35.9 Å². The number of nitrogens with one attached hydrogen (secondary N) is 1. The van der Waals surface area contributed by atoms with E-state index in [1.807, 2.05) is 51.1 Å². The van der Waals surface area contributed by atoms with E-state index in [2.05, 4.69) is 20.4 Å². The van der Waals surface area contributed by atoms with Gasteiger partial charge in [-0.15, -0.1) is 0 Å². The molecule has 1 aromatic carbocycles. The van der Waals surface area contributed by atoms with Gasteiger partial charge < -0.3 is 29.0 Å². The molecule has 1 unspecified atom stereocenters. The van der Waals surface area contributed by atoms with Crippen molar-refractivity contribution in [3.05, 3.63) is 48.4 Å². The SMILES string of the molecule is CC(C)(C)OC(=O)N1CCOC(COc2ccccc2-c2cc(Nc3cnc(C#N)cn3)no2)C1. The third kappa shape index (κ3) is 6.45. The molecule has 0 aliphatic carbocycles. The molecule has 11 nitrogen and oxygen atoms in total. The Morgan fingerprint density at radius 3 is 2.83 bits per heavy atom. The molecule has 0 bridgehead atoms. The Kier molecular flexibility index (Phi) is 7.12. The number of anilines is 2. The van der Waals surface area contributed by atoms with E-state index in [1.54, 1.807) is 11.0 Å². The first-order valence-corrected chi connectivity index (χ1v) is 11.1. The summed E-state index contributed by atoms with van der Waals surface area (Å²) in [4.78, 5) is 22.1. The first kappa shape index (κ1) is 24.0. The molecule has 0 spiro atoms. The highest BCUT2D eigenvalue weighted by molar-refractivity contribution is 5.69. The lowest BCUT2D eigenvalue weighted by molar-refractivity contribution is -0.0556. The molecule has 1 fully saturated rings. The molecule has 182 valence electrons. The Balaban J connectivity index is 1.39. The summed E-state index contributed by atoms with van der Waals surface area (Å²) < 4.78 is 22.8. The van der Waals surface area contributed by atoms with E-state index in [9.17, 15) is 4.79 Å². The standard InChI is InChI=1S/C24H26N6O5/c1-24(2,3)34-23(31)30-8-9-32-17(14-30)15-33-19-7-5-4-6-18(19)20-10-21(29-35-20)28-22-13-26-16(11-25)12-27-22/h4-7,10,12-13,17H,8-9,14-15H2,1-3H3,(H,27,28,29). The molecule has 3 aromatic rings. The fourth-order valence-electron chi connectivity index (χ4n) is 3.33. The maximum absolute atomic E-state index is 12.4. The van der Waals surface area contributed by atoms with Crippen molar-refractivity contribution in [2.75, 3.05) is 31.6 Å². The van der Waals surface area contributed by atoms with Crippen molar-refractivity contribution < 1.29 is 23.5 Å². The molecule has 0 radical (unpaired) electrons. The van der Waals surface area contributed by atoms with Crippen LogP contribution in [0.25, 0.3) is 11.3 Å². The van der Waals surface area contributed by atoms with Crippen LogP contribution < -0.4 is 10.1 Å². The van der Waals surface area contributed by atoms with E-state index in [-0.39, 0.29) is 24.5 Å². The van der Waals surface area contributed by atoms with Crippen molar-refractivity contribution in [2.45, 2.75) is 32.5 Å². The molecular formula is C24H26N6O5. The molecule has 35 heavy (non-hydrogen) atoms. The third-order valence-corrected chi connectivity index (χ3v) is 4.90. The van der Waals surface area contributed by atoms with Gasteiger partial charge >= 0.3 is 6.09 Å². The summed E-state index contributed by atoms with van der Waals surface area (Å²) in [7, 11) is 0. The largest absolute Gasteiger partial charge is 0.490 e. The number of carbonyl (C=O) groups excluding carboxylic acids is 1. The van der Waals surface area contributed by atoms with Gasteiger partial charge in [0, 0.05) is 12.6 Å². The van der Waals surface area contributed by atoms with Crippen LogP contribution in [-0.2, 0) is 9.47 Å². The van der Waals surface area contributed by atoms with Gasteiger partial charge in [-0.1, -0.05) is 17.3 Å². The zero-order valence-corrected chi connectivity index (χ0v) is 19.7. The molecule has 3 heterocycles. The Morgan fingerprint density at radius 2 is 2.09 bits per heavy atom. The molecule has 1 N–H and O–H groups in total. The van der Waals surface area contributed by atoms with E-state index >= 15 is 0 Å². The lowest BCUT2D eigenvalue weighted by Gasteiger charge is -2.34. The van der Waals surface area contributed by atoms with Gasteiger partial charge in [-0.25, -0.2) is 14.8 Å². The number of nitriles is 1. The first-order valence-electron chi connectivity index (χ1n) is 11.1. The molecule has 1 saturated heterocycles. The van der Waals surface area contributed by atoms with Gasteiger partial charge in [-0.3, -0.25) is 0 Å². The topological polar surface area (TPSA) is 136 Å². The minimum Gasteiger partial charge on any atom is -0.490 e. The summed E-state index contributed by atoms with van der Waals surface area (Å²) >= 11 is 0. The summed E-state index contributed by atoms with van der Waals surface area (Å²) in [5.41, 5.74) is 0.370.